The lowest BCUT2D eigenvalue weighted by Crippen LogP contribution is -2.33. The number of para-hydroxylation sites is 1. The summed E-state index contributed by atoms with van der Waals surface area (Å²) in [5, 5.41) is 0. The maximum Gasteiger partial charge on any atom is 0.336 e. The van der Waals surface area contributed by atoms with Gasteiger partial charge in [-0.3, -0.25) is 14.6 Å². The third-order valence-corrected chi connectivity index (χ3v) is 6.34. The molecule has 0 unspecified atom stereocenters. The highest BCUT2D eigenvalue weighted by Crippen LogP contribution is 2.35. The molecule has 0 saturated carbocycles. The smallest absolute Gasteiger partial charge is 0.336 e. The van der Waals surface area contributed by atoms with Gasteiger partial charge in [0.1, 0.15) is 24.7 Å². The fraction of sp³-hybridized carbons (Fsp3) is 0.286. The summed E-state index contributed by atoms with van der Waals surface area (Å²) in [6, 6.07) is 21.1. The summed E-state index contributed by atoms with van der Waals surface area (Å²) in [5.41, 5.74) is 1.02. The van der Waals surface area contributed by atoms with Crippen molar-refractivity contribution in [3.63, 3.8) is 0 Å². The molecule has 5 rings (SSSR count). The highest BCUT2D eigenvalue weighted by molar-refractivity contribution is 6.27. The van der Waals surface area contributed by atoms with Gasteiger partial charge in [0.05, 0.1) is 12.8 Å². The van der Waals surface area contributed by atoms with E-state index in [4.69, 9.17) is 14.2 Å². The van der Waals surface area contributed by atoms with Gasteiger partial charge in [0.25, 0.3) is 5.91 Å². The van der Waals surface area contributed by atoms with E-state index in [0.29, 0.717) is 41.0 Å². The van der Waals surface area contributed by atoms with E-state index in [9.17, 15) is 9.59 Å². The molecule has 2 saturated heterocycles. The number of likely N-dealkylation sites (tertiary alicyclic amines) is 1. The number of imide groups is 1. The van der Waals surface area contributed by atoms with Crippen molar-refractivity contribution < 1.29 is 23.8 Å². The van der Waals surface area contributed by atoms with Gasteiger partial charge in [-0.2, -0.15) is 0 Å². The van der Waals surface area contributed by atoms with Gasteiger partial charge in [0.2, 0.25) is 0 Å². The van der Waals surface area contributed by atoms with Gasteiger partial charge in [-0.15, -0.1) is 0 Å². The average molecular weight is 488 g/mol. The number of amides is 3. The average Bonchev–Trinajstić information content (AvgIpc) is 3.52. The number of ether oxygens (including phenoxy) is 3. The summed E-state index contributed by atoms with van der Waals surface area (Å²) in [7, 11) is 1.56. The van der Waals surface area contributed by atoms with Gasteiger partial charge >= 0.3 is 6.03 Å². The first-order valence-corrected chi connectivity index (χ1v) is 12.1. The summed E-state index contributed by atoms with van der Waals surface area (Å²) in [4.78, 5) is 31.2. The van der Waals surface area contributed by atoms with E-state index < -0.39 is 6.03 Å². The Hall–Kier alpha value is -4.04. The van der Waals surface area contributed by atoms with E-state index in [2.05, 4.69) is 4.90 Å². The van der Waals surface area contributed by atoms with E-state index in [1.54, 1.807) is 49.6 Å². The summed E-state index contributed by atoms with van der Waals surface area (Å²) < 4.78 is 17.3. The molecule has 186 valence electrons. The Bertz CT molecular complexity index is 1230. The third-order valence-electron chi connectivity index (χ3n) is 6.34. The van der Waals surface area contributed by atoms with Crippen LogP contribution < -0.4 is 24.0 Å². The van der Waals surface area contributed by atoms with Crippen LogP contribution in [0.3, 0.4) is 0 Å². The van der Waals surface area contributed by atoms with E-state index in [1.807, 2.05) is 30.3 Å². The van der Waals surface area contributed by atoms with E-state index in [0.717, 1.165) is 19.6 Å². The number of hydrogen-bond donors (Lipinski definition) is 0. The molecule has 0 aromatic heterocycles. The van der Waals surface area contributed by atoms with Crippen LogP contribution >= 0.6 is 0 Å². The van der Waals surface area contributed by atoms with E-state index in [-0.39, 0.29) is 12.5 Å². The Kier molecular flexibility index (Phi) is 7.04. The first-order chi connectivity index (χ1) is 17.6. The second-order valence-electron chi connectivity index (χ2n) is 8.74. The van der Waals surface area contributed by atoms with Gasteiger partial charge in [-0.25, -0.2) is 9.69 Å². The van der Waals surface area contributed by atoms with Crippen LogP contribution in [-0.4, -0.2) is 56.7 Å². The van der Waals surface area contributed by atoms with Crippen LogP contribution in [0.15, 0.2) is 72.8 Å². The molecular weight excluding hydrogens is 458 g/mol. The lowest BCUT2D eigenvalue weighted by Gasteiger charge is -2.20. The van der Waals surface area contributed by atoms with Crippen LogP contribution in [0.1, 0.15) is 12.8 Å². The van der Waals surface area contributed by atoms with Gasteiger partial charge < -0.3 is 14.2 Å². The monoisotopic (exact) mass is 487 g/mol. The molecule has 2 fully saturated rings. The molecule has 8 heteroatoms. The van der Waals surface area contributed by atoms with E-state index in [1.165, 1.54) is 22.6 Å². The Morgan fingerprint density at radius 2 is 1.58 bits per heavy atom. The predicted octanol–water partition coefficient (Wildman–Crippen LogP) is 4.94. The van der Waals surface area contributed by atoms with Crippen LogP contribution in [0.25, 0.3) is 0 Å². The first kappa shape index (κ1) is 23.7. The number of nitrogens with zero attached hydrogens (tertiary/aromatic N) is 3. The molecular formula is C28H29N3O5. The van der Waals surface area contributed by atoms with E-state index >= 15 is 0 Å². The van der Waals surface area contributed by atoms with Crippen molar-refractivity contribution in [3.8, 4) is 23.0 Å². The number of urea groups is 1. The van der Waals surface area contributed by atoms with Crippen molar-refractivity contribution in [2.45, 2.75) is 12.8 Å². The molecule has 8 nitrogen and oxygen atoms in total. The first-order valence-electron chi connectivity index (χ1n) is 12.1. The molecule has 0 spiro atoms. The minimum absolute atomic E-state index is 0.0685. The van der Waals surface area contributed by atoms with Gasteiger partial charge in [-0.1, -0.05) is 24.3 Å². The van der Waals surface area contributed by atoms with Crippen LogP contribution in [0.4, 0.5) is 16.2 Å². The van der Waals surface area contributed by atoms with Crippen LogP contribution in [0, 0.1) is 0 Å². The number of carbonyl (C=O) groups is 2. The third kappa shape index (κ3) is 5.13. The van der Waals surface area contributed by atoms with Crippen molar-refractivity contribution in [3.05, 3.63) is 72.8 Å². The summed E-state index contributed by atoms with van der Waals surface area (Å²) in [6.07, 6.45) is 2.48. The second kappa shape index (κ2) is 10.7. The summed E-state index contributed by atoms with van der Waals surface area (Å²) >= 11 is 0. The molecule has 36 heavy (non-hydrogen) atoms. The van der Waals surface area contributed by atoms with Gasteiger partial charge in [-0.05, 0) is 62.3 Å². The SMILES string of the molecule is COc1cc(N2CC(=O)N(c3cccc(Oc4ccccc4)c3)C2=O)ccc1OCCN1CCCC1. The molecule has 3 aromatic carbocycles. The van der Waals surface area contributed by atoms with Crippen LogP contribution in [-0.2, 0) is 4.79 Å². The Labute approximate surface area is 210 Å². The Morgan fingerprint density at radius 3 is 2.36 bits per heavy atom. The second-order valence-corrected chi connectivity index (χ2v) is 8.74. The molecule has 0 atom stereocenters. The minimum atomic E-state index is -0.429. The molecule has 0 bridgehead atoms. The van der Waals surface area contributed by atoms with Crippen molar-refractivity contribution >= 4 is 23.3 Å². The topological polar surface area (TPSA) is 71.5 Å². The zero-order valence-electron chi connectivity index (χ0n) is 20.3. The molecule has 2 aliphatic heterocycles. The number of carbonyl (C=O) groups excluding carboxylic acids is 2. The zero-order chi connectivity index (χ0) is 24.9. The lowest BCUT2D eigenvalue weighted by atomic mass is 10.2. The minimum Gasteiger partial charge on any atom is -0.493 e. The number of hydrogen-bond acceptors (Lipinski definition) is 6. The fourth-order valence-electron chi connectivity index (χ4n) is 4.50. The normalized spacial score (nSPS) is 16.0. The number of rotatable bonds is 9. The van der Waals surface area contributed by atoms with Gasteiger partial charge in [0, 0.05) is 24.4 Å². The molecule has 2 aliphatic rings. The van der Waals surface area contributed by atoms with Crippen molar-refractivity contribution in [1.29, 1.82) is 0 Å². The number of methoxy groups -OCH3 is 1. The Morgan fingerprint density at radius 1 is 0.806 bits per heavy atom. The molecule has 3 amide bonds. The highest BCUT2D eigenvalue weighted by Gasteiger charge is 2.38. The van der Waals surface area contributed by atoms with Crippen LogP contribution in [0.2, 0.25) is 0 Å². The largest absolute Gasteiger partial charge is 0.493 e. The molecule has 3 aromatic rings. The van der Waals surface area contributed by atoms with Crippen LogP contribution in [0.5, 0.6) is 23.0 Å². The number of benzene rings is 3. The maximum atomic E-state index is 13.3. The van der Waals surface area contributed by atoms with Crippen molar-refractivity contribution in [2.24, 2.45) is 0 Å². The molecule has 0 radical (unpaired) electrons. The summed E-state index contributed by atoms with van der Waals surface area (Å²) in [5.74, 6) is 2.02. The zero-order valence-corrected chi connectivity index (χ0v) is 20.3. The van der Waals surface area contributed by atoms with Crippen molar-refractivity contribution in [1.82, 2.24) is 4.90 Å². The standard InChI is InChI=1S/C28H29N3O5/c1-34-26-19-21(12-13-25(26)35-17-16-29-14-5-6-15-29)30-20-27(32)31(28(30)33)22-8-7-11-24(18-22)36-23-9-3-2-4-10-23/h2-4,7-13,18-19H,5-6,14-17,20H2,1H3. The quantitative estimate of drug-likeness (QED) is 0.399. The highest BCUT2D eigenvalue weighted by atomic mass is 16.5. The number of anilines is 2. The summed E-state index contributed by atoms with van der Waals surface area (Å²) in [6.45, 7) is 3.59. The molecule has 0 aliphatic carbocycles. The predicted molar refractivity (Wildman–Crippen MR) is 137 cm³/mol. The van der Waals surface area contributed by atoms with Crippen molar-refractivity contribution in [2.75, 3.05) is 49.7 Å². The van der Waals surface area contributed by atoms with Gasteiger partial charge in [0.15, 0.2) is 11.5 Å². The maximum absolute atomic E-state index is 13.3. The molecule has 0 N–H and O–H groups in total. The molecule has 2 heterocycles. The fourth-order valence-corrected chi connectivity index (χ4v) is 4.50. The lowest BCUT2D eigenvalue weighted by molar-refractivity contribution is -0.115. The Balaban J connectivity index is 1.29.